The number of ketones is 1. The minimum atomic E-state index is -0.547. The molecule has 92 valence electrons. The largest absolute Gasteiger partial charge is 0.294 e. The zero-order valence-corrected chi connectivity index (χ0v) is 10.1. The fourth-order valence-corrected chi connectivity index (χ4v) is 2.07. The molecule has 7 nitrogen and oxygen atoms in total. The van der Waals surface area contributed by atoms with E-state index in [-0.39, 0.29) is 27.0 Å². The van der Waals surface area contributed by atoms with Gasteiger partial charge < -0.3 is 0 Å². The highest BCUT2D eigenvalue weighted by atomic mass is 32.1. The van der Waals surface area contributed by atoms with E-state index in [2.05, 4.69) is 5.10 Å². The van der Waals surface area contributed by atoms with E-state index in [0.29, 0.717) is 0 Å². The number of nitrogens with one attached hydrogen (secondary N) is 1. The van der Waals surface area contributed by atoms with E-state index in [1.54, 1.807) is 6.07 Å². The molecule has 0 aliphatic carbocycles. The summed E-state index contributed by atoms with van der Waals surface area (Å²) in [5.74, 6) is -0.272. The lowest BCUT2D eigenvalue weighted by atomic mass is 10.3. The number of nitro groups is 1. The summed E-state index contributed by atoms with van der Waals surface area (Å²) in [6.45, 7) is 1.34. The highest BCUT2D eigenvalue weighted by molar-refractivity contribution is 7.10. The summed E-state index contributed by atoms with van der Waals surface area (Å²) in [4.78, 5) is 21.5. The van der Waals surface area contributed by atoms with E-state index in [9.17, 15) is 14.9 Å². The van der Waals surface area contributed by atoms with Gasteiger partial charge in [-0.05, 0) is 6.07 Å². The average molecular weight is 264 g/mol. The predicted molar refractivity (Wildman–Crippen MR) is 64.0 cm³/mol. The average Bonchev–Trinajstić information content (AvgIpc) is 2.71. The molecule has 0 radical (unpaired) electrons. The van der Waals surface area contributed by atoms with Crippen molar-refractivity contribution in [2.24, 2.45) is 0 Å². The number of Topliss-reactive ketones (excluding diaryl/α,β-unsaturated/α-hetero) is 1. The molecule has 0 saturated heterocycles. The number of nitro benzene ring substituents is 1. The Balaban J connectivity index is 2.66. The zero-order chi connectivity index (χ0) is 13.3. The summed E-state index contributed by atoms with van der Waals surface area (Å²) in [5.41, 5.74) is 0.0210. The van der Waals surface area contributed by atoms with Crippen molar-refractivity contribution in [2.45, 2.75) is 6.92 Å². The lowest BCUT2D eigenvalue weighted by molar-refractivity contribution is -0.384. The van der Waals surface area contributed by atoms with Gasteiger partial charge in [0.05, 0.1) is 4.92 Å². The molecule has 1 heterocycles. The van der Waals surface area contributed by atoms with Gasteiger partial charge in [-0.2, -0.15) is 9.78 Å². The van der Waals surface area contributed by atoms with E-state index in [1.807, 2.05) is 0 Å². The normalized spacial score (nSPS) is 10.3. The third-order valence-electron chi connectivity index (χ3n) is 2.18. The number of hydrogen-bond acceptors (Lipinski definition) is 6. The lowest BCUT2D eigenvalue weighted by Gasteiger charge is -2.01. The van der Waals surface area contributed by atoms with Crippen molar-refractivity contribution in [2.75, 3.05) is 0 Å². The highest BCUT2D eigenvalue weighted by Crippen LogP contribution is 2.20. The molecule has 0 amide bonds. The fraction of sp³-hybridized carbons (Fsp3) is 0.100. The second-order valence-corrected chi connectivity index (χ2v) is 4.40. The summed E-state index contributed by atoms with van der Waals surface area (Å²) in [5, 5.41) is 22.7. The summed E-state index contributed by atoms with van der Waals surface area (Å²) < 4.78 is 1.10. The number of nitrogens with zero attached hydrogens (tertiary/aromatic N) is 3. The van der Waals surface area contributed by atoms with Gasteiger partial charge in [0.25, 0.3) is 5.69 Å². The molecular formula is C10H8N4O3S. The van der Waals surface area contributed by atoms with Gasteiger partial charge in [-0.15, -0.1) is 0 Å². The van der Waals surface area contributed by atoms with Crippen molar-refractivity contribution in [3.63, 3.8) is 0 Å². The van der Waals surface area contributed by atoms with Crippen LogP contribution in [0.25, 0.3) is 5.69 Å². The van der Waals surface area contributed by atoms with Crippen molar-refractivity contribution in [1.82, 2.24) is 9.78 Å². The van der Waals surface area contributed by atoms with Crippen LogP contribution < -0.4 is 4.80 Å². The van der Waals surface area contributed by atoms with E-state index < -0.39 is 4.92 Å². The van der Waals surface area contributed by atoms with E-state index in [1.165, 1.54) is 25.1 Å². The first kappa shape index (κ1) is 12.1. The van der Waals surface area contributed by atoms with Gasteiger partial charge in [-0.25, -0.2) is 0 Å². The quantitative estimate of drug-likeness (QED) is 0.515. The van der Waals surface area contributed by atoms with E-state index >= 15 is 0 Å². The maximum atomic E-state index is 11.2. The van der Waals surface area contributed by atoms with Crippen LogP contribution in [0.2, 0.25) is 0 Å². The van der Waals surface area contributed by atoms with Crippen LogP contribution in [0.5, 0.6) is 0 Å². The molecule has 18 heavy (non-hydrogen) atoms. The molecule has 2 rings (SSSR count). The Hall–Kier alpha value is -2.35. The Morgan fingerprint density at radius 1 is 1.50 bits per heavy atom. The van der Waals surface area contributed by atoms with Crippen molar-refractivity contribution in [1.29, 1.82) is 5.41 Å². The van der Waals surface area contributed by atoms with Gasteiger partial charge in [0.15, 0.2) is 10.8 Å². The third-order valence-corrected chi connectivity index (χ3v) is 3.11. The summed E-state index contributed by atoms with van der Waals surface area (Å²) in [7, 11) is 0. The Kier molecular flexibility index (Phi) is 3.02. The first-order valence-electron chi connectivity index (χ1n) is 4.90. The standard InChI is InChI=1S/C10H8N4O3S/c1-6(15)9-12-13(10(11)18-9)7-4-2-3-5-8(7)14(16)17/h2-5,11H,1H3. The summed E-state index contributed by atoms with van der Waals surface area (Å²) >= 11 is 0.884. The maximum Gasteiger partial charge on any atom is 0.294 e. The van der Waals surface area contributed by atoms with Crippen LogP contribution in [0.15, 0.2) is 24.3 Å². The molecule has 1 N–H and O–H groups in total. The Morgan fingerprint density at radius 2 is 2.17 bits per heavy atom. The maximum absolute atomic E-state index is 11.2. The monoisotopic (exact) mass is 264 g/mol. The van der Waals surface area contributed by atoms with Crippen LogP contribution in [-0.2, 0) is 0 Å². The molecule has 0 saturated carbocycles. The predicted octanol–water partition coefficient (Wildman–Crippen LogP) is 1.52. The topological polar surface area (TPSA) is 102 Å². The van der Waals surface area contributed by atoms with Crippen LogP contribution in [0.3, 0.4) is 0 Å². The van der Waals surface area contributed by atoms with Crippen LogP contribution in [0, 0.1) is 15.5 Å². The molecule has 1 aromatic carbocycles. The molecule has 0 bridgehead atoms. The fourth-order valence-electron chi connectivity index (χ4n) is 1.39. The van der Waals surface area contributed by atoms with Crippen LogP contribution >= 0.6 is 11.3 Å². The van der Waals surface area contributed by atoms with Gasteiger partial charge in [0.2, 0.25) is 4.80 Å². The van der Waals surface area contributed by atoms with Gasteiger partial charge in [-0.3, -0.25) is 20.3 Å². The van der Waals surface area contributed by atoms with E-state index in [0.717, 1.165) is 16.0 Å². The number of aromatic nitrogens is 2. The summed E-state index contributed by atoms with van der Waals surface area (Å²) in [6, 6.07) is 5.96. The molecule has 2 aromatic rings. The second-order valence-electron chi connectivity index (χ2n) is 3.43. The van der Waals surface area contributed by atoms with Gasteiger partial charge in [0, 0.05) is 13.0 Å². The Labute approximate surface area is 105 Å². The molecule has 0 aliphatic rings. The van der Waals surface area contributed by atoms with Gasteiger partial charge >= 0.3 is 0 Å². The number of para-hydroxylation sites is 2. The van der Waals surface area contributed by atoms with Crippen molar-refractivity contribution in [3.8, 4) is 5.69 Å². The smallest absolute Gasteiger partial charge is 0.292 e. The summed E-state index contributed by atoms with van der Waals surface area (Å²) in [6.07, 6.45) is 0. The van der Waals surface area contributed by atoms with Crippen molar-refractivity contribution < 1.29 is 9.72 Å². The highest BCUT2D eigenvalue weighted by Gasteiger charge is 2.18. The number of carbonyl (C=O) groups is 1. The number of carbonyl (C=O) groups excluding carboxylic acids is 1. The molecule has 0 spiro atoms. The molecule has 0 fully saturated rings. The molecule has 1 aromatic heterocycles. The number of rotatable bonds is 3. The Bertz CT molecular complexity index is 688. The van der Waals surface area contributed by atoms with Gasteiger partial charge in [0.1, 0.15) is 5.69 Å². The first-order chi connectivity index (χ1) is 8.50. The molecular weight excluding hydrogens is 256 g/mol. The zero-order valence-electron chi connectivity index (χ0n) is 9.28. The van der Waals surface area contributed by atoms with Crippen LogP contribution in [0.4, 0.5) is 5.69 Å². The molecule has 0 unspecified atom stereocenters. The minimum Gasteiger partial charge on any atom is -0.292 e. The number of hydrogen-bond donors (Lipinski definition) is 1. The minimum absolute atomic E-state index is 0.0329. The van der Waals surface area contributed by atoms with Gasteiger partial charge in [-0.1, -0.05) is 23.5 Å². The van der Waals surface area contributed by atoms with E-state index in [4.69, 9.17) is 5.41 Å². The molecule has 8 heteroatoms. The van der Waals surface area contributed by atoms with Crippen LogP contribution in [-0.4, -0.2) is 20.5 Å². The van der Waals surface area contributed by atoms with Crippen molar-refractivity contribution >= 4 is 22.8 Å². The SMILES string of the molecule is CC(=O)c1nn(-c2ccccc2[N+](=O)[O-])c(=N)s1. The third kappa shape index (κ3) is 2.05. The number of benzene rings is 1. The second kappa shape index (κ2) is 4.49. The lowest BCUT2D eigenvalue weighted by Crippen LogP contribution is -2.14. The molecule has 0 atom stereocenters. The first-order valence-corrected chi connectivity index (χ1v) is 5.72. The molecule has 0 aliphatic heterocycles. The van der Waals surface area contributed by atoms with Crippen LogP contribution in [0.1, 0.15) is 16.7 Å². The Morgan fingerprint density at radius 3 is 2.72 bits per heavy atom. The van der Waals surface area contributed by atoms with Crippen molar-refractivity contribution in [3.05, 3.63) is 44.2 Å².